The van der Waals surface area contributed by atoms with Crippen LogP contribution >= 0.6 is 11.6 Å². The molecule has 2 aromatic carbocycles. The predicted molar refractivity (Wildman–Crippen MR) is 219 cm³/mol. The molecule has 2 aromatic heterocycles. The Labute approximate surface area is 334 Å². The van der Waals surface area contributed by atoms with Gasteiger partial charge in [0, 0.05) is 85.5 Å². The van der Waals surface area contributed by atoms with Crippen molar-refractivity contribution in [2.75, 3.05) is 43.2 Å². The minimum absolute atomic E-state index is 0.0483. The van der Waals surface area contributed by atoms with E-state index in [1.807, 2.05) is 50.6 Å². The van der Waals surface area contributed by atoms with Gasteiger partial charge in [-0.2, -0.15) is 9.46 Å². The van der Waals surface area contributed by atoms with Gasteiger partial charge in [-0.05, 0) is 104 Å². The van der Waals surface area contributed by atoms with Crippen molar-refractivity contribution in [3.8, 4) is 17.0 Å². The molecule has 1 amide bonds. The van der Waals surface area contributed by atoms with Gasteiger partial charge in [0.1, 0.15) is 5.75 Å². The largest absolute Gasteiger partial charge is 0.490 e. The number of methoxy groups -OCH3 is 1. The van der Waals surface area contributed by atoms with Crippen LogP contribution in [0.3, 0.4) is 0 Å². The standard InChI is InChI=1S/C44H50ClN5O5S/c1-28-6-4-8-41(54-3)34-12-9-31(34)21-50-26-44(16-5-7-29-18-33(45)11-13-36(29)44)27-55-42-14-10-30(19-39(42)50)43(52)47-56(53,24-28)25-40(51)32-20-38-35-23-48(2)46-37(35)15-17-49(38)22-32/h4,8,10-11,13-14,18-20,22-23,28,31,34,41H,5-7,9,12,15-17,21,24-27H2,1-3H3/b8-4+/t28-,31-,34+,41-,44-,56+/m0/s1. The number of hydrogen-bond acceptors (Lipinski definition) is 7. The molecule has 294 valence electrons. The van der Waals surface area contributed by atoms with E-state index >= 15 is 0 Å². The smallest absolute Gasteiger partial charge is 0.285 e. The molecule has 12 heteroatoms. The number of anilines is 1. The van der Waals surface area contributed by atoms with Crippen LogP contribution in [0.15, 0.2) is 71.4 Å². The van der Waals surface area contributed by atoms with Crippen LogP contribution in [-0.4, -0.2) is 74.7 Å². The monoisotopic (exact) mass is 795 g/mol. The molecule has 2 bridgehead atoms. The van der Waals surface area contributed by atoms with E-state index in [4.69, 9.17) is 21.1 Å². The number of aromatic nitrogens is 3. The number of hydrogen-bond donors (Lipinski definition) is 0. The molecule has 0 saturated heterocycles. The van der Waals surface area contributed by atoms with Crippen molar-refractivity contribution in [2.45, 2.75) is 69.9 Å². The summed E-state index contributed by atoms with van der Waals surface area (Å²) >= 11 is 6.49. The van der Waals surface area contributed by atoms with Gasteiger partial charge in [-0.1, -0.05) is 36.7 Å². The Bertz CT molecular complexity index is 2370. The number of carbonyl (C=O) groups is 2. The summed E-state index contributed by atoms with van der Waals surface area (Å²) in [5.41, 5.74) is 6.87. The number of allylic oxidation sites excluding steroid dienone is 1. The van der Waals surface area contributed by atoms with Crippen LogP contribution in [0, 0.1) is 17.8 Å². The van der Waals surface area contributed by atoms with E-state index in [0.717, 1.165) is 85.0 Å². The van der Waals surface area contributed by atoms with E-state index in [0.29, 0.717) is 42.5 Å². The number of benzene rings is 2. The highest BCUT2D eigenvalue weighted by molar-refractivity contribution is 7.94. The third-order valence-corrected chi connectivity index (χ3v) is 15.5. The Balaban J connectivity index is 1.09. The van der Waals surface area contributed by atoms with Gasteiger partial charge < -0.3 is 18.9 Å². The minimum atomic E-state index is -3.32. The van der Waals surface area contributed by atoms with E-state index in [9.17, 15) is 13.8 Å². The maximum absolute atomic E-state index is 15.0. The number of carbonyl (C=O) groups excluding carboxylic acids is 2. The van der Waals surface area contributed by atoms with Crippen molar-refractivity contribution in [3.63, 3.8) is 0 Å². The first kappa shape index (κ1) is 37.4. The zero-order valence-corrected chi connectivity index (χ0v) is 34.0. The molecule has 5 aliphatic rings. The van der Waals surface area contributed by atoms with E-state index in [2.05, 4.69) is 43.2 Å². The van der Waals surface area contributed by atoms with Crippen LogP contribution < -0.4 is 9.64 Å². The lowest BCUT2D eigenvalue weighted by molar-refractivity contribution is 0.0131. The Morgan fingerprint density at radius 2 is 2.00 bits per heavy atom. The maximum Gasteiger partial charge on any atom is 0.285 e. The van der Waals surface area contributed by atoms with Gasteiger partial charge in [0.2, 0.25) is 0 Å². The maximum atomic E-state index is 15.0. The Morgan fingerprint density at radius 1 is 1.12 bits per heavy atom. The second-order valence-electron chi connectivity index (χ2n) is 16.9. The molecular weight excluding hydrogens is 746 g/mol. The summed E-state index contributed by atoms with van der Waals surface area (Å²) in [6.45, 7) is 4.75. The molecule has 9 rings (SSSR count). The molecule has 5 heterocycles. The number of Topliss-reactive ketones (excluding diaryl/α,β-unsaturated/α-hetero) is 1. The number of halogens is 1. The molecule has 1 fully saturated rings. The summed E-state index contributed by atoms with van der Waals surface area (Å²) in [4.78, 5) is 30.7. The van der Waals surface area contributed by atoms with Crippen molar-refractivity contribution in [1.29, 1.82) is 0 Å². The van der Waals surface area contributed by atoms with Crippen molar-refractivity contribution >= 4 is 38.7 Å². The van der Waals surface area contributed by atoms with Crippen LogP contribution in [-0.2, 0) is 46.3 Å². The van der Waals surface area contributed by atoms with Gasteiger partial charge in [-0.25, -0.2) is 4.21 Å². The molecule has 3 aliphatic heterocycles. The normalized spacial score (nSPS) is 29.1. The van der Waals surface area contributed by atoms with Crippen LogP contribution in [0.2, 0.25) is 5.02 Å². The number of ketones is 1. The van der Waals surface area contributed by atoms with Crippen molar-refractivity contribution in [2.24, 2.45) is 29.2 Å². The van der Waals surface area contributed by atoms with E-state index in [1.165, 1.54) is 11.1 Å². The summed E-state index contributed by atoms with van der Waals surface area (Å²) in [7, 11) is 0.357. The lowest BCUT2D eigenvalue weighted by atomic mass is 9.68. The van der Waals surface area contributed by atoms with Crippen LogP contribution in [0.5, 0.6) is 5.75 Å². The fourth-order valence-corrected chi connectivity index (χ4v) is 12.5. The average Bonchev–Trinajstić information content (AvgIpc) is 3.73. The highest BCUT2D eigenvalue weighted by atomic mass is 35.5. The van der Waals surface area contributed by atoms with E-state index < -0.39 is 15.6 Å². The average molecular weight is 796 g/mol. The second kappa shape index (κ2) is 14.6. The lowest BCUT2D eigenvalue weighted by Crippen LogP contribution is -2.49. The Kier molecular flexibility index (Phi) is 9.77. The Morgan fingerprint density at radius 3 is 2.82 bits per heavy atom. The fourth-order valence-electron chi connectivity index (χ4n) is 9.99. The summed E-state index contributed by atoms with van der Waals surface area (Å²) in [5, 5.41) is 5.33. The number of nitrogens with zero attached hydrogens (tertiary/aromatic N) is 5. The van der Waals surface area contributed by atoms with Crippen LogP contribution in [0.25, 0.3) is 11.3 Å². The van der Waals surface area contributed by atoms with Gasteiger partial charge in [0.05, 0.1) is 45.3 Å². The summed E-state index contributed by atoms with van der Waals surface area (Å²) in [5.74, 6) is 0.284. The third kappa shape index (κ3) is 6.94. The molecule has 0 radical (unpaired) electrons. The quantitative estimate of drug-likeness (QED) is 0.154. The van der Waals surface area contributed by atoms with Gasteiger partial charge in [0.15, 0.2) is 5.78 Å². The first-order valence-corrected chi connectivity index (χ1v) is 22.3. The van der Waals surface area contributed by atoms with Gasteiger partial charge in [-0.15, -0.1) is 0 Å². The highest BCUT2D eigenvalue weighted by Crippen LogP contribution is 2.47. The van der Waals surface area contributed by atoms with Crippen LogP contribution in [0.4, 0.5) is 5.69 Å². The molecule has 10 nitrogen and oxygen atoms in total. The third-order valence-electron chi connectivity index (χ3n) is 12.9. The molecule has 56 heavy (non-hydrogen) atoms. The molecule has 2 aliphatic carbocycles. The number of rotatable bonds is 4. The van der Waals surface area contributed by atoms with Crippen LogP contribution in [0.1, 0.15) is 76.6 Å². The van der Waals surface area contributed by atoms with Crippen molar-refractivity contribution in [3.05, 3.63) is 100.0 Å². The molecule has 1 spiro atoms. The lowest BCUT2D eigenvalue weighted by Gasteiger charge is -2.46. The topological polar surface area (TPSA) is 108 Å². The summed E-state index contributed by atoms with van der Waals surface area (Å²) < 4.78 is 36.1. The predicted octanol–water partition coefficient (Wildman–Crippen LogP) is 7.70. The van der Waals surface area contributed by atoms with E-state index in [1.54, 1.807) is 17.9 Å². The van der Waals surface area contributed by atoms with Gasteiger partial charge in [0.25, 0.3) is 5.91 Å². The van der Waals surface area contributed by atoms with Gasteiger partial charge in [-0.3, -0.25) is 14.3 Å². The SMILES string of the molecule is CO[C@H]1/C=C/C[C@H](C)C[S@@](=O)(CC(=O)c2cc3n(c2)CCc2nn(C)cc2-3)=NC(=O)c2ccc3c(c2)N(C[C@@H]2CC[C@H]21)C[C@@]1(CCCc2cc(Cl)ccc21)CO3. The number of ether oxygens (including phenoxy) is 2. The molecule has 4 aromatic rings. The fraction of sp³-hybridized carbons (Fsp3) is 0.477. The zero-order chi connectivity index (χ0) is 38.8. The molecule has 0 N–H and O–H groups in total. The van der Waals surface area contributed by atoms with Gasteiger partial charge >= 0.3 is 0 Å². The molecule has 0 unspecified atom stereocenters. The highest BCUT2D eigenvalue weighted by Gasteiger charge is 2.44. The summed E-state index contributed by atoms with van der Waals surface area (Å²) in [6.07, 6.45) is 14.6. The minimum Gasteiger partial charge on any atom is -0.490 e. The number of amides is 1. The zero-order valence-electron chi connectivity index (χ0n) is 32.4. The second-order valence-corrected chi connectivity index (χ2v) is 19.7. The first-order valence-electron chi connectivity index (χ1n) is 20.0. The molecule has 6 atom stereocenters. The van der Waals surface area contributed by atoms with Crippen molar-refractivity contribution < 1.29 is 23.3 Å². The number of fused-ring (bicyclic) bond motifs is 7. The Hall–Kier alpha value is -4.19. The number of aryl methyl sites for hydroxylation is 4. The first-order chi connectivity index (χ1) is 27.0. The van der Waals surface area contributed by atoms with Crippen molar-refractivity contribution in [1.82, 2.24) is 14.3 Å². The molecular formula is C44H50ClN5O5S. The van der Waals surface area contributed by atoms with E-state index in [-0.39, 0.29) is 34.7 Å². The molecule has 1 saturated carbocycles. The summed E-state index contributed by atoms with van der Waals surface area (Å²) in [6, 6.07) is 13.6.